The minimum atomic E-state index is -3.41. The van der Waals surface area contributed by atoms with Crippen LogP contribution in [-0.2, 0) is 30.3 Å². The first-order chi connectivity index (χ1) is 12.9. The summed E-state index contributed by atoms with van der Waals surface area (Å²) in [4.78, 5) is 22.8. The average molecular weight is 417 g/mol. The predicted molar refractivity (Wildman–Crippen MR) is 102 cm³/mol. The van der Waals surface area contributed by atoms with Crippen molar-refractivity contribution in [2.45, 2.75) is 51.2 Å². The van der Waals surface area contributed by atoms with Gasteiger partial charge in [0.05, 0.1) is 25.2 Å². The van der Waals surface area contributed by atoms with Crippen molar-refractivity contribution in [3.63, 3.8) is 0 Å². The van der Waals surface area contributed by atoms with Crippen molar-refractivity contribution in [2.24, 2.45) is 0 Å². The Labute approximate surface area is 162 Å². The van der Waals surface area contributed by atoms with Crippen LogP contribution in [0.2, 0.25) is 0 Å². The van der Waals surface area contributed by atoms with Gasteiger partial charge in [0.1, 0.15) is 17.7 Å². The van der Waals surface area contributed by atoms with E-state index in [1.807, 2.05) is 6.92 Å². The van der Waals surface area contributed by atoms with Gasteiger partial charge in [0.25, 0.3) is 0 Å². The molecule has 0 saturated carbocycles. The number of nitrogen functional groups attached to an aromatic ring is 1. The fraction of sp³-hybridized carbons (Fsp3) is 0.667. The molecule has 2 aromatic rings. The normalized spacial score (nSPS) is 27.9. The first-order valence-electron chi connectivity index (χ1n) is 8.69. The van der Waals surface area contributed by atoms with Crippen molar-refractivity contribution >= 4 is 35.6 Å². The number of imidazole rings is 1. The Kier molecular flexibility index (Phi) is 6.42. The highest BCUT2D eigenvalue weighted by molar-refractivity contribution is 8.07. The number of methoxy groups -OCH3 is 1. The lowest BCUT2D eigenvalue weighted by molar-refractivity contribution is -0.0502. The third-order valence-corrected chi connectivity index (χ3v) is 5.96. The van der Waals surface area contributed by atoms with Gasteiger partial charge in [-0.15, -0.1) is 0 Å². The highest BCUT2D eigenvalue weighted by Gasteiger charge is 2.48. The molecular weight excluding hydrogens is 393 g/mol. The number of ether oxygens (including phenoxy) is 2. The van der Waals surface area contributed by atoms with E-state index in [1.165, 1.54) is 0 Å². The first-order valence-corrected chi connectivity index (χ1v) is 11.3. The van der Waals surface area contributed by atoms with Gasteiger partial charge in [-0.05, 0) is 25.2 Å². The van der Waals surface area contributed by atoms with E-state index in [0.717, 1.165) is 6.42 Å². The summed E-state index contributed by atoms with van der Waals surface area (Å²) in [6, 6.07) is 0. The molecule has 1 aliphatic heterocycles. The van der Waals surface area contributed by atoms with E-state index >= 15 is 0 Å². The average Bonchev–Trinajstić information content (AvgIpc) is 3.16. The molecule has 0 aromatic carbocycles. The minimum absolute atomic E-state index is 0.135. The van der Waals surface area contributed by atoms with Crippen LogP contribution in [-0.4, -0.2) is 56.4 Å². The highest BCUT2D eigenvalue weighted by atomic mass is 32.5. The molecule has 0 aliphatic carbocycles. The lowest BCUT2D eigenvalue weighted by atomic mass is 10.1. The number of nitrogens with two attached hydrogens (primary N) is 1. The van der Waals surface area contributed by atoms with E-state index in [0.29, 0.717) is 17.6 Å². The van der Waals surface area contributed by atoms with Gasteiger partial charge in [0.15, 0.2) is 11.9 Å². The number of rotatable bonds is 8. The molecule has 10 nitrogen and oxygen atoms in total. The van der Waals surface area contributed by atoms with Crippen molar-refractivity contribution in [3.8, 4) is 0 Å². The summed E-state index contributed by atoms with van der Waals surface area (Å²) in [5.41, 5.74) is 6.83. The summed E-state index contributed by atoms with van der Waals surface area (Å²) in [6.07, 6.45) is 2.64. The maximum absolute atomic E-state index is 10.3. The van der Waals surface area contributed by atoms with Gasteiger partial charge < -0.3 is 24.6 Å². The summed E-state index contributed by atoms with van der Waals surface area (Å²) in [5, 5.41) is 0. The summed E-state index contributed by atoms with van der Waals surface area (Å²) in [6.45, 7) is 0.623. The van der Waals surface area contributed by atoms with Crippen LogP contribution in [0, 0.1) is 0 Å². The second kappa shape index (κ2) is 8.44. The van der Waals surface area contributed by atoms with E-state index in [1.54, 1.807) is 31.1 Å². The SMILES string of the molecule is CCC[C@H]1O[C@@H](n2cnc3cnc(N)nc32)[C@@H](OC)C1OP(O)(=S)OCC. The summed E-state index contributed by atoms with van der Waals surface area (Å²) >= 11 is 5.10. The van der Waals surface area contributed by atoms with Gasteiger partial charge in [-0.25, -0.2) is 9.97 Å². The van der Waals surface area contributed by atoms with Gasteiger partial charge in [-0.1, -0.05) is 13.3 Å². The standard InChI is InChI=1S/C15H24N5O5PS/c1-4-6-10-11(25-26(21,27)23-5-2)12(22-3)14(24-10)20-8-18-9-7-17-15(16)19-13(9)20/h7-8,10-12,14H,4-6H2,1-3H3,(H,21,27)(H2,16,17,19)/t10-,11?,12+,14-,26?/m1/s1. The van der Waals surface area contributed by atoms with E-state index in [9.17, 15) is 4.89 Å². The Hall–Kier alpha value is -1.20. The number of hydrogen-bond acceptors (Lipinski definition) is 9. The number of anilines is 1. The summed E-state index contributed by atoms with van der Waals surface area (Å²) in [5.74, 6) is 0.135. The monoisotopic (exact) mass is 417 g/mol. The van der Waals surface area contributed by atoms with Crippen molar-refractivity contribution in [3.05, 3.63) is 12.5 Å². The van der Waals surface area contributed by atoms with E-state index in [-0.39, 0.29) is 18.7 Å². The summed E-state index contributed by atoms with van der Waals surface area (Å²) < 4.78 is 24.6. The second-order valence-electron chi connectivity index (χ2n) is 6.10. The second-order valence-corrected chi connectivity index (χ2v) is 8.89. The minimum Gasteiger partial charge on any atom is -0.374 e. The molecular formula is C15H24N5O5PS. The van der Waals surface area contributed by atoms with Gasteiger partial charge in [0, 0.05) is 7.11 Å². The van der Waals surface area contributed by atoms with Crippen LogP contribution in [0.25, 0.3) is 11.2 Å². The van der Waals surface area contributed by atoms with Crippen LogP contribution in [0.4, 0.5) is 5.95 Å². The Morgan fingerprint density at radius 3 is 2.81 bits per heavy atom. The lowest BCUT2D eigenvalue weighted by Crippen LogP contribution is -2.35. The zero-order chi connectivity index (χ0) is 19.6. The highest BCUT2D eigenvalue weighted by Crippen LogP contribution is 2.49. The molecule has 0 bridgehead atoms. The molecule has 0 spiro atoms. The maximum atomic E-state index is 10.3. The fourth-order valence-electron chi connectivity index (χ4n) is 3.20. The molecule has 3 heterocycles. The molecule has 27 heavy (non-hydrogen) atoms. The zero-order valence-electron chi connectivity index (χ0n) is 15.4. The van der Waals surface area contributed by atoms with Gasteiger partial charge in [-0.3, -0.25) is 9.09 Å². The molecule has 5 atom stereocenters. The van der Waals surface area contributed by atoms with Crippen LogP contribution < -0.4 is 5.73 Å². The van der Waals surface area contributed by atoms with Crippen molar-refractivity contribution in [2.75, 3.05) is 19.5 Å². The van der Waals surface area contributed by atoms with Crippen LogP contribution in [0.3, 0.4) is 0 Å². The fourth-order valence-corrected chi connectivity index (χ4v) is 4.77. The molecule has 1 saturated heterocycles. The van der Waals surface area contributed by atoms with Crippen molar-refractivity contribution in [1.29, 1.82) is 0 Å². The zero-order valence-corrected chi connectivity index (χ0v) is 17.1. The van der Waals surface area contributed by atoms with Crippen LogP contribution in [0.5, 0.6) is 0 Å². The van der Waals surface area contributed by atoms with Crippen LogP contribution >= 0.6 is 6.72 Å². The van der Waals surface area contributed by atoms with Crippen molar-refractivity contribution < 1.29 is 23.4 Å². The van der Waals surface area contributed by atoms with Crippen LogP contribution in [0.1, 0.15) is 32.9 Å². The Bertz CT molecular complexity index is 836. The summed E-state index contributed by atoms with van der Waals surface area (Å²) in [7, 11) is 1.55. The molecule has 2 unspecified atom stereocenters. The van der Waals surface area contributed by atoms with E-state index in [2.05, 4.69) is 15.0 Å². The maximum Gasteiger partial charge on any atom is 0.324 e. The molecule has 3 N–H and O–H groups in total. The predicted octanol–water partition coefficient (Wildman–Crippen LogP) is 1.76. The lowest BCUT2D eigenvalue weighted by Gasteiger charge is -2.26. The Morgan fingerprint density at radius 1 is 1.37 bits per heavy atom. The topological polar surface area (TPSA) is 127 Å². The third-order valence-electron chi connectivity index (χ3n) is 4.29. The number of nitrogens with zero attached hydrogens (tertiary/aromatic N) is 4. The molecule has 0 amide bonds. The quantitative estimate of drug-likeness (QED) is 0.613. The molecule has 1 aliphatic rings. The smallest absolute Gasteiger partial charge is 0.324 e. The molecule has 0 radical (unpaired) electrons. The Morgan fingerprint density at radius 2 is 2.15 bits per heavy atom. The van der Waals surface area contributed by atoms with Gasteiger partial charge in [0.2, 0.25) is 5.95 Å². The first kappa shape index (κ1) is 20.5. The third kappa shape index (κ3) is 4.29. The molecule has 12 heteroatoms. The Balaban J connectivity index is 1.95. The number of hydrogen-bond donors (Lipinski definition) is 2. The van der Waals surface area contributed by atoms with Gasteiger partial charge in [-0.2, -0.15) is 4.98 Å². The van der Waals surface area contributed by atoms with E-state index < -0.39 is 25.2 Å². The molecule has 2 aromatic heterocycles. The number of aromatic nitrogens is 4. The molecule has 150 valence electrons. The van der Waals surface area contributed by atoms with Gasteiger partial charge >= 0.3 is 6.72 Å². The van der Waals surface area contributed by atoms with E-state index in [4.69, 9.17) is 36.1 Å². The largest absolute Gasteiger partial charge is 0.374 e. The molecule has 3 rings (SSSR count). The molecule has 1 fully saturated rings. The van der Waals surface area contributed by atoms with Crippen LogP contribution in [0.15, 0.2) is 12.5 Å². The number of fused-ring (bicyclic) bond motifs is 1. The van der Waals surface area contributed by atoms with Crippen molar-refractivity contribution in [1.82, 2.24) is 19.5 Å².